The van der Waals surface area contributed by atoms with Crippen molar-refractivity contribution in [3.8, 4) is 0 Å². The molecule has 0 radical (unpaired) electrons. The van der Waals surface area contributed by atoms with Crippen LogP contribution in [0.1, 0.15) is 19.4 Å². The molecule has 0 fully saturated rings. The van der Waals surface area contributed by atoms with Gasteiger partial charge in [0.1, 0.15) is 0 Å². The van der Waals surface area contributed by atoms with Crippen LogP contribution in [-0.2, 0) is 16.0 Å². The Morgan fingerprint density at radius 2 is 2.10 bits per heavy atom. The van der Waals surface area contributed by atoms with Gasteiger partial charge in [-0.1, -0.05) is 32.0 Å². The standard InChI is InChI=1S/C17H24N2O2/c1-13(2)12-19(8-9-21-3)17(20)10-14-11-18-16-7-5-4-6-15(14)16/h4-7,11,13,18H,8-10,12H2,1-3H3. The van der Waals surface area contributed by atoms with E-state index in [1.807, 2.05) is 29.3 Å². The van der Waals surface area contributed by atoms with Gasteiger partial charge in [0.15, 0.2) is 0 Å². The van der Waals surface area contributed by atoms with Crippen LogP contribution in [0.5, 0.6) is 0 Å². The number of methoxy groups -OCH3 is 1. The molecule has 0 aliphatic heterocycles. The lowest BCUT2D eigenvalue weighted by atomic mass is 10.1. The summed E-state index contributed by atoms with van der Waals surface area (Å²) in [6, 6.07) is 8.07. The monoisotopic (exact) mass is 288 g/mol. The molecule has 0 aliphatic rings. The molecule has 4 nitrogen and oxygen atoms in total. The number of aromatic amines is 1. The molecule has 0 atom stereocenters. The van der Waals surface area contributed by atoms with Crippen LogP contribution in [0.25, 0.3) is 10.9 Å². The maximum Gasteiger partial charge on any atom is 0.227 e. The lowest BCUT2D eigenvalue weighted by molar-refractivity contribution is -0.131. The van der Waals surface area contributed by atoms with E-state index in [1.54, 1.807) is 7.11 Å². The van der Waals surface area contributed by atoms with Gasteiger partial charge in [-0.2, -0.15) is 0 Å². The highest BCUT2D eigenvalue weighted by molar-refractivity contribution is 5.88. The number of benzene rings is 1. The topological polar surface area (TPSA) is 45.3 Å². The van der Waals surface area contributed by atoms with Crippen LogP contribution < -0.4 is 0 Å². The van der Waals surface area contributed by atoms with Crippen LogP contribution >= 0.6 is 0 Å². The predicted octanol–water partition coefficient (Wildman–Crippen LogP) is 2.84. The van der Waals surface area contributed by atoms with E-state index in [9.17, 15) is 4.79 Å². The summed E-state index contributed by atoms with van der Waals surface area (Å²) in [7, 11) is 1.66. The number of ether oxygens (including phenoxy) is 1. The zero-order valence-electron chi connectivity index (χ0n) is 13.1. The highest BCUT2D eigenvalue weighted by Crippen LogP contribution is 2.18. The lowest BCUT2D eigenvalue weighted by Gasteiger charge is -2.24. The average molecular weight is 288 g/mol. The first kappa shape index (κ1) is 15.6. The van der Waals surface area contributed by atoms with E-state index >= 15 is 0 Å². The Balaban J connectivity index is 2.10. The van der Waals surface area contributed by atoms with Gasteiger partial charge in [0.2, 0.25) is 5.91 Å². The van der Waals surface area contributed by atoms with Crippen LogP contribution in [0.15, 0.2) is 30.5 Å². The van der Waals surface area contributed by atoms with E-state index in [4.69, 9.17) is 4.74 Å². The summed E-state index contributed by atoms with van der Waals surface area (Å²) < 4.78 is 5.11. The van der Waals surface area contributed by atoms with Crippen LogP contribution in [0, 0.1) is 5.92 Å². The fraction of sp³-hybridized carbons (Fsp3) is 0.471. The molecule has 0 bridgehead atoms. The van der Waals surface area contributed by atoms with E-state index in [1.165, 1.54) is 0 Å². The van der Waals surface area contributed by atoms with Gasteiger partial charge in [0.25, 0.3) is 0 Å². The molecule has 1 aromatic carbocycles. The van der Waals surface area contributed by atoms with Crippen LogP contribution in [0.2, 0.25) is 0 Å². The molecule has 0 spiro atoms. The van der Waals surface area contributed by atoms with Gasteiger partial charge in [-0.15, -0.1) is 0 Å². The number of hydrogen-bond donors (Lipinski definition) is 1. The lowest BCUT2D eigenvalue weighted by Crippen LogP contribution is -2.37. The summed E-state index contributed by atoms with van der Waals surface area (Å²) >= 11 is 0. The molecular weight excluding hydrogens is 264 g/mol. The molecule has 1 aromatic heterocycles. The van der Waals surface area contributed by atoms with Crippen LogP contribution in [-0.4, -0.2) is 42.6 Å². The zero-order valence-corrected chi connectivity index (χ0v) is 13.1. The van der Waals surface area contributed by atoms with Gasteiger partial charge in [0.05, 0.1) is 13.0 Å². The van der Waals surface area contributed by atoms with Gasteiger partial charge in [-0.3, -0.25) is 4.79 Å². The zero-order chi connectivity index (χ0) is 15.2. The van der Waals surface area contributed by atoms with Gasteiger partial charge in [-0.25, -0.2) is 0 Å². The van der Waals surface area contributed by atoms with Crippen molar-refractivity contribution in [2.45, 2.75) is 20.3 Å². The molecular formula is C17H24N2O2. The minimum atomic E-state index is 0.158. The number of carbonyl (C=O) groups is 1. The molecule has 21 heavy (non-hydrogen) atoms. The third-order valence-corrected chi connectivity index (χ3v) is 3.52. The summed E-state index contributed by atoms with van der Waals surface area (Å²) in [5.74, 6) is 0.610. The van der Waals surface area contributed by atoms with Gasteiger partial charge < -0.3 is 14.6 Å². The highest BCUT2D eigenvalue weighted by atomic mass is 16.5. The molecule has 1 heterocycles. The first-order valence-electron chi connectivity index (χ1n) is 7.43. The van der Waals surface area contributed by atoms with Crippen LogP contribution in [0.4, 0.5) is 0 Å². The van der Waals surface area contributed by atoms with Crippen molar-refractivity contribution < 1.29 is 9.53 Å². The van der Waals surface area contributed by atoms with Gasteiger partial charge in [0, 0.05) is 37.3 Å². The maximum atomic E-state index is 12.6. The second-order valence-corrected chi connectivity index (χ2v) is 5.76. The Hall–Kier alpha value is -1.81. The van der Waals surface area contributed by atoms with E-state index in [0.717, 1.165) is 23.0 Å². The first-order chi connectivity index (χ1) is 10.1. The number of rotatable bonds is 7. The number of nitrogens with one attached hydrogen (secondary N) is 1. The second kappa shape index (κ2) is 7.27. The molecule has 1 N–H and O–H groups in total. The molecule has 4 heteroatoms. The summed E-state index contributed by atoms with van der Waals surface area (Å²) in [6.07, 6.45) is 2.37. The van der Waals surface area contributed by atoms with Crippen molar-refractivity contribution in [3.05, 3.63) is 36.0 Å². The van der Waals surface area contributed by atoms with Gasteiger partial charge in [-0.05, 0) is 17.5 Å². The van der Waals surface area contributed by atoms with E-state index < -0.39 is 0 Å². The molecule has 1 amide bonds. The Labute approximate surface area is 126 Å². The molecule has 0 aliphatic carbocycles. The van der Waals surface area contributed by atoms with Crippen molar-refractivity contribution >= 4 is 16.8 Å². The second-order valence-electron chi connectivity index (χ2n) is 5.76. The molecule has 2 aromatic rings. The van der Waals surface area contributed by atoms with E-state index in [-0.39, 0.29) is 5.91 Å². The number of fused-ring (bicyclic) bond motifs is 1. The van der Waals surface area contributed by atoms with Crippen molar-refractivity contribution in [1.82, 2.24) is 9.88 Å². The smallest absolute Gasteiger partial charge is 0.227 e. The normalized spacial score (nSPS) is 11.2. The van der Waals surface area contributed by atoms with Gasteiger partial charge >= 0.3 is 0 Å². The first-order valence-corrected chi connectivity index (χ1v) is 7.43. The summed E-state index contributed by atoms with van der Waals surface area (Å²) in [4.78, 5) is 17.7. The molecule has 0 saturated carbocycles. The minimum Gasteiger partial charge on any atom is -0.383 e. The molecule has 0 unspecified atom stereocenters. The molecule has 0 saturated heterocycles. The third kappa shape index (κ3) is 4.08. The SMILES string of the molecule is COCCN(CC(C)C)C(=O)Cc1c[nH]c2ccccc12. The number of hydrogen-bond acceptors (Lipinski definition) is 2. The number of nitrogens with zero attached hydrogens (tertiary/aromatic N) is 1. The van der Waals surface area contributed by atoms with Crippen molar-refractivity contribution in [1.29, 1.82) is 0 Å². The van der Waals surface area contributed by atoms with Crippen LogP contribution in [0.3, 0.4) is 0 Å². The minimum absolute atomic E-state index is 0.158. The predicted molar refractivity (Wildman–Crippen MR) is 85.3 cm³/mol. The maximum absolute atomic E-state index is 12.6. The largest absolute Gasteiger partial charge is 0.383 e. The van der Waals surface area contributed by atoms with Crippen molar-refractivity contribution in [2.75, 3.05) is 26.8 Å². The number of carbonyl (C=O) groups excluding carboxylic acids is 1. The average Bonchev–Trinajstić information content (AvgIpc) is 2.86. The molecule has 2 rings (SSSR count). The Morgan fingerprint density at radius 3 is 2.81 bits per heavy atom. The number of amides is 1. The van der Waals surface area contributed by atoms with Crippen molar-refractivity contribution in [3.63, 3.8) is 0 Å². The Kier molecular flexibility index (Phi) is 5.39. The summed E-state index contributed by atoms with van der Waals surface area (Å²) in [5, 5.41) is 1.13. The van der Waals surface area contributed by atoms with E-state index in [0.29, 0.717) is 25.5 Å². The Morgan fingerprint density at radius 1 is 1.33 bits per heavy atom. The Bertz CT molecular complexity index is 589. The number of para-hydroxylation sites is 1. The summed E-state index contributed by atoms with van der Waals surface area (Å²) in [5.41, 5.74) is 2.13. The quantitative estimate of drug-likeness (QED) is 0.851. The fourth-order valence-corrected chi connectivity index (χ4v) is 2.51. The number of aromatic nitrogens is 1. The highest BCUT2D eigenvalue weighted by Gasteiger charge is 2.16. The molecule has 114 valence electrons. The number of H-pyrrole nitrogens is 1. The fourth-order valence-electron chi connectivity index (χ4n) is 2.51. The van der Waals surface area contributed by atoms with E-state index in [2.05, 4.69) is 24.9 Å². The van der Waals surface area contributed by atoms with Crippen molar-refractivity contribution in [2.24, 2.45) is 5.92 Å². The third-order valence-electron chi connectivity index (χ3n) is 3.52. The summed E-state index contributed by atoms with van der Waals surface area (Å²) in [6.45, 7) is 6.24.